The molecule has 3 fully saturated rings. The van der Waals surface area contributed by atoms with Crippen LogP contribution in [0.3, 0.4) is 0 Å². The number of amides is 1. The zero-order valence-electron chi connectivity index (χ0n) is 13.8. The van der Waals surface area contributed by atoms with Gasteiger partial charge in [0.15, 0.2) is 6.61 Å². The van der Waals surface area contributed by atoms with Crippen LogP contribution in [0.1, 0.15) is 12.8 Å². The minimum Gasteiger partial charge on any atom is -0.497 e. The average molecular weight is 345 g/mol. The van der Waals surface area contributed by atoms with Crippen molar-refractivity contribution in [1.29, 1.82) is 0 Å². The quantitative estimate of drug-likeness (QED) is 0.811. The van der Waals surface area contributed by atoms with Gasteiger partial charge in [-0.2, -0.15) is 0 Å². The standard InChI is InChI=1S/C18H19NO6/c1-23-11-4-2-10(3-5-11)19-14(20)8-24-17(21)15-9-6-12-13(7-9)25-18(22)16(12)15/h2-5,9,12-13,15-16H,6-8H2,1H3,(H,19,20)/t9-,12-,13+,15-,16-/m0/s1. The summed E-state index contributed by atoms with van der Waals surface area (Å²) in [6.45, 7) is -0.371. The molecule has 2 saturated carbocycles. The molecule has 1 amide bonds. The van der Waals surface area contributed by atoms with Crippen LogP contribution in [0.15, 0.2) is 24.3 Å². The number of nitrogens with one attached hydrogen (secondary N) is 1. The molecule has 2 bridgehead atoms. The van der Waals surface area contributed by atoms with Crippen molar-refractivity contribution in [2.75, 3.05) is 19.0 Å². The summed E-state index contributed by atoms with van der Waals surface area (Å²) in [6, 6.07) is 6.84. The van der Waals surface area contributed by atoms with Crippen LogP contribution in [0.4, 0.5) is 5.69 Å². The number of carbonyl (C=O) groups excluding carboxylic acids is 3. The van der Waals surface area contributed by atoms with E-state index < -0.39 is 17.8 Å². The lowest BCUT2D eigenvalue weighted by Gasteiger charge is -2.22. The first kappa shape index (κ1) is 15.9. The maximum Gasteiger partial charge on any atom is 0.310 e. The molecule has 1 saturated heterocycles. The molecule has 0 spiro atoms. The van der Waals surface area contributed by atoms with Gasteiger partial charge >= 0.3 is 11.9 Å². The Morgan fingerprint density at radius 3 is 2.72 bits per heavy atom. The van der Waals surface area contributed by atoms with Gasteiger partial charge in [0.05, 0.1) is 18.9 Å². The SMILES string of the molecule is COc1ccc(NC(=O)COC(=O)[C@H]2[C@H]3C[C@@H]4[C@@H]2C(=O)O[C@@H]4C3)cc1. The summed E-state index contributed by atoms with van der Waals surface area (Å²) in [7, 11) is 1.56. The summed E-state index contributed by atoms with van der Waals surface area (Å²) in [5, 5.41) is 2.65. The molecular formula is C18H19NO6. The van der Waals surface area contributed by atoms with Crippen LogP contribution in [0.25, 0.3) is 0 Å². The van der Waals surface area contributed by atoms with Crippen LogP contribution >= 0.6 is 0 Å². The molecule has 0 radical (unpaired) electrons. The average Bonchev–Trinajstić information content (AvgIpc) is 3.22. The van der Waals surface area contributed by atoms with E-state index in [-0.39, 0.29) is 36.4 Å². The molecule has 3 aliphatic rings. The van der Waals surface area contributed by atoms with Gasteiger partial charge in [0.1, 0.15) is 11.9 Å². The number of hydrogen-bond donors (Lipinski definition) is 1. The predicted octanol–water partition coefficient (Wildman–Crippen LogP) is 1.37. The second-order valence-corrected chi connectivity index (χ2v) is 6.81. The number of rotatable bonds is 5. The van der Waals surface area contributed by atoms with Crippen molar-refractivity contribution in [3.63, 3.8) is 0 Å². The van der Waals surface area contributed by atoms with Crippen LogP contribution in [0.5, 0.6) is 5.75 Å². The van der Waals surface area contributed by atoms with E-state index >= 15 is 0 Å². The minimum absolute atomic E-state index is 0.0232. The third kappa shape index (κ3) is 2.73. The molecule has 25 heavy (non-hydrogen) atoms. The van der Waals surface area contributed by atoms with Gasteiger partial charge in [-0.1, -0.05) is 0 Å². The van der Waals surface area contributed by atoms with Crippen molar-refractivity contribution in [2.45, 2.75) is 18.9 Å². The zero-order chi connectivity index (χ0) is 17.6. The molecule has 7 heteroatoms. The smallest absolute Gasteiger partial charge is 0.310 e. The number of benzene rings is 1. The van der Waals surface area contributed by atoms with Gasteiger partial charge in [-0.05, 0) is 43.0 Å². The molecule has 0 aromatic heterocycles. The topological polar surface area (TPSA) is 90.9 Å². The van der Waals surface area contributed by atoms with Crippen LogP contribution in [-0.4, -0.2) is 37.7 Å². The van der Waals surface area contributed by atoms with Crippen LogP contribution in [0.2, 0.25) is 0 Å². The van der Waals surface area contributed by atoms with E-state index in [1.54, 1.807) is 31.4 Å². The highest BCUT2D eigenvalue weighted by Crippen LogP contribution is 2.57. The van der Waals surface area contributed by atoms with E-state index in [1.807, 2.05) is 0 Å². The lowest BCUT2D eigenvalue weighted by molar-refractivity contribution is -0.157. The number of ether oxygens (including phenoxy) is 3. The molecule has 1 heterocycles. The van der Waals surface area contributed by atoms with Gasteiger partial charge in [0.25, 0.3) is 5.91 Å². The normalized spacial score (nSPS) is 31.6. The van der Waals surface area contributed by atoms with Crippen molar-refractivity contribution in [1.82, 2.24) is 0 Å². The fourth-order valence-corrected chi connectivity index (χ4v) is 4.43. The maximum absolute atomic E-state index is 12.4. The molecule has 132 valence electrons. The van der Waals surface area contributed by atoms with Gasteiger partial charge in [-0.3, -0.25) is 14.4 Å². The van der Waals surface area contributed by atoms with Gasteiger partial charge in [-0.15, -0.1) is 0 Å². The van der Waals surface area contributed by atoms with Crippen molar-refractivity contribution < 1.29 is 28.6 Å². The van der Waals surface area contributed by atoms with Crippen molar-refractivity contribution >= 4 is 23.5 Å². The number of fused-ring (bicyclic) bond motifs is 1. The van der Waals surface area contributed by atoms with E-state index in [1.165, 1.54) is 0 Å². The largest absolute Gasteiger partial charge is 0.497 e. The van der Waals surface area contributed by atoms with Crippen molar-refractivity contribution in [3.8, 4) is 5.75 Å². The highest BCUT2D eigenvalue weighted by atomic mass is 16.6. The number of hydrogen-bond acceptors (Lipinski definition) is 6. The first-order valence-electron chi connectivity index (χ1n) is 8.38. The molecule has 1 aromatic rings. The third-order valence-corrected chi connectivity index (χ3v) is 5.47. The van der Waals surface area contributed by atoms with Crippen molar-refractivity contribution in [3.05, 3.63) is 24.3 Å². The van der Waals surface area contributed by atoms with Crippen LogP contribution in [0, 0.1) is 23.7 Å². The first-order chi connectivity index (χ1) is 12.1. The maximum atomic E-state index is 12.4. The van der Waals surface area contributed by atoms with Gasteiger partial charge in [0.2, 0.25) is 0 Å². The monoisotopic (exact) mass is 345 g/mol. The van der Waals surface area contributed by atoms with E-state index in [2.05, 4.69) is 5.32 Å². The van der Waals surface area contributed by atoms with E-state index in [0.717, 1.165) is 12.8 Å². The highest BCUT2D eigenvalue weighted by molar-refractivity contribution is 5.93. The number of anilines is 1. The Morgan fingerprint density at radius 2 is 2.00 bits per heavy atom. The van der Waals surface area contributed by atoms with Crippen LogP contribution in [-0.2, 0) is 23.9 Å². The molecular weight excluding hydrogens is 326 g/mol. The molecule has 1 aliphatic heterocycles. The molecule has 0 unspecified atom stereocenters. The molecule has 4 rings (SSSR count). The Labute approximate surface area is 144 Å². The molecule has 2 aliphatic carbocycles. The fourth-order valence-electron chi connectivity index (χ4n) is 4.43. The Morgan fingerprint density at radius 1 is 1.24 bits per heavy atom. The fraction of sp³-hybridized carbons (Fsp3) is 0.500. The van der Waals surface area contributed by atoms with E-state index in [4.69, 9.17) is 14.2 Å². The molecule has 5 atom stereocenters. The Hall–Kier alpha value is -2.57. The second-order valence-electron chi connectivity index (χ2n) is 6.81. The third-order valence-electron chi connectivity index (χ3n) is 5.47. The van der Waals surface area contributed by atoms with Gasteiger partial charge < -0.3 is 19.5 Å². The summed E-state index contributed by atoms with van der Waals surface area (Å²) in [4.78, 5) is 36.3. The second kappa shape index (κ2) is 6.06. The van der Waals surface area contributed by atoms with Crippen molar-refractivity contribution in [2.24, 2.45) is 23.7 Å². The zero-order valence-corrected chi connectivity index (χ0v) is 13.8. The number of esters is 2. The van der Waals surface area contributed by atoms with Gasteiger partial charge in [0, 0.05) is 11.6 Å². The van der Waals surface area contributed by atoms with Gasteiger partial charge in [-0.25, -0.2) is 0 Å². The minimum atomic E-state index is -0.473. The molecule has 1 N–H and O–H groups in total. The molecule has 7 nitrogen and oxygen atoms in total. The summed E-state index contributed by atoms with van der Waals surface area (Å²) in [5.74, 6) is -1.09. The first-order valence-corrected chi connectivity index (χ1v) is 8.38. The predicted molar refractivity (Wildman–Crippen MR) is 85.7 cm³/mol. The lowest BCUT2D eigenvalue weighted by atomic mass is 9.80. The number of methoxy groups -OCH3 is 1. The lowest BCUT2D eigenvalue weighted by Crippen LogP contribution is -2.34. The van der Waals surface area contributed by atoms with E-state index in [0.29, 0.717) is 11.4 Å². The number of carbonyl (C=O) groups is 3. The summed E-state index contributed by atoms with van der Waals surface area (Å²) in [6.07, 6.45) is 1.54. The van der Waals surface area contributed by atoms with Crippen LogP contribution < -0.4 is 10.1 Å². The highest BCUT2D eigenvalue weighted by Gasteiger charge is 2.64. The summed E-state index contributed by atoms with van der Waals surface area (Å²) >= 11 is 0. The Bertz CT molecular complexity index is 713. The Balaban J connectivity index is 1.31. The van der Waals surface area contributed by atoms with E-state index in [9.17, 15) is 14.4 Å². The summed E-state index contributed by atoms with van der Waals surface area (Å²) in [5.41, 5.74) is 0.587. The summed E-state index contributed by atoms with van der Waals surface area (Å²) < 4.78 is 15.5. The molecule has 1 aromatic carbocycles. The Kier molecular flexibility index (Phi) is 3.86.